The highest BCUT2D eigenvalue weighted by molar-refractivity contribution is 6.30. The monoisotopic (exact) mass is 471 g/mol. The van der Waals surface area contributed by atoms with Crippen molar-refractivity contribution in [1.82, 2.24) is 14.7 Å². The molecule has 3 rings (SSSR count). The van der Waals surface area contributed by atoms with Crippen LogP contribution in [-0.2, 0) is 13.1 Å². The zero-order valence-corrected chi connectivity index (χ0v) is 20.7. The van der Waals surface area contributed by atoms with E-state index in [1.165, 1.54) is 5.56 Å². The van der Waals surface area contributed by atoms with Gasteiger partial charge in [-0.15, -0.1) is 0 Å². The second-order valence-corrected chi connectivity index (χ2v) is 8.76. The molecule has 0 saturated carbocycles. The van der Waals surface area contributed by atoms with Gasteiger partial charge in [-0.05, 0) is 69.8 Å². The maximum absolute atomic E-state index is 10.5. The molecular weight excluding hydrogens is 438 g/mol. The Labute approximate surface area is 201 Å². The summed E-state index contributed by atoms with van der Waals surface area (Å²) < 4.78 is 13.2. The number of halogens is 1. The Bertz CT molecular complexity index is 1000. The summed E-state index contributed by atoms with van der Waals surface area (Å²) >= 11 is 5.99. The molecular formula is C26H34ClN3O3. The van der Waals surface area contributed by atoms with Crippen LogP contribution in [0.25, 0.3) is 0 Å². The van der Waals surface area contributed by atoms with E-state index in [-0.39, 0.29) is 0 Å². The van der Waals surface area contributed by atoms with Gasteiger partial charge in [-0.3, -0.25) is 9.58 Å². The zero-order valence-electron chi connectivity index (χ0n) is 19.9. The van der Waals surface area contributed by atoms with Crippen LogP contribution in [0.4, 0.5) is 0 Å². The molecule has 33 heavy (non-hydrogen) atoms. The highest BCUT2D eigenvalue weighted by atomic mass is 35.5. The van der Waals surface area contributed by atoms with Crippen molar-refractivity contribution in [3.63, 3.8) is 0 Å². The summed E-state index contributed by atoms with van der Waals surface area (Å²) in [5.41, 5.74) is 4.52. The van der Waals surface area contributed by atoms with Crippen LogP contribution in [0.1, 0.15) is 35.9 Å². The molecule has 0 bridgehead atoms. The number of hydrogen-bond donors (Lipinski definition) is 1. The average Bonchev–Trinajstić information content (AvgIpc) is 3.04. The molecule has 6 nitrogen and oxygen atoms in total. The van der Waals surface area contributed by atoms with Crippen molar-refractivity contribution in [3.05, 3.63) is 76.1 Å². The van der Waals surface area contributed by atoms with E-state index in [1.807, 2.05) is 74.1 Å². The summed E-state index contributed by atoms with van der Waals surface area (Å²) in [5.74, 6) is 1.60. The molecule has 0 saturated heterocycles. The van der Waals surface area contributed by atoms with E-state index in [2.05, 4.69) is 11.8 Å². The molecule has 0 aliphatic carbocycles. The second-order valence-electron chi connectivity index (χ2n) is 8.33. The molecule has 0 radical (unpaired) electrons. The zero-order chi connectivity index (χ0) is 23.8. The minimum absolute atomic E-state index is 0.458. The largest absolute Gasteiger partial charge is 0.494 e. The number of aliphatic hydroxyl groups excluding tert-OH is 1. The van der Waals surface area contributed by atoms with Gasteiger partial charge in [0.15, 0.2) is 0 Å². The Balaban J connectivity index is 1.47. The lowest BCUT2D eigenvalue weighted by Gasteiger charge is -2.21. The van der Waals surface area contributed by atoms with Gasteiger partial charge in [0.1, 0.15) is 11.5 Å². The van der Waals surface area contributed by atoms with Gasteiger partial charge in [-0.2, -0.15) is 5.10 Å². The Morgan fingerprint density at radius 1 is 1.03 bits per heavy atom. The minimum Gasteiger partial charge on any atom is -0.494 e. The highest BCUT2D eigenvalue weighted by Gasteiger charge is 2.16. The second kappa shape index (κ2) is 12.1. The number of hydrogen-bond acceptors (Lipinski definition) is 5. The van der Waals surface area contributed by atoms with Gasteiger partial charge < -0.3 is 14.6 Å². The first kappa shape index (κ1) is 25.1. The molecule has 0 aliphatic heterocycles. The number of rotatable bonds is 12. The van der Waals surface area contributed by atoms with Gasteiger partial charge in [0, 0.05) is 35.8 Å². The summed E-state index contributed by atoms with van der Waals surface area (Å²) in [6.45, 7) is 9.19. The Kier molecular flexibility index (Phi) is 9.18. The molecule has 1 atom stereocenters. The van der Waals surface area contributed by atoms with Gasteiger partial charge >= 0.3 is 0 Å². The maximum atomic E-state index is 10.5. The Hall–Kier alpha value is -2.54. The smallest absolute Gasteiger partial charge is 0.119 e. The molecule has 7 heteroatoms. The summed E-state index contributed by atoms with van der Waals surface area (Å²) in [6, 6.07) is 15.4. The van der Waals surface area contributed by atoms with E-state index in [4.69, 9.17) is 26.2 Å². The quantitative estimate of drug-likeness (QED) is 0.408. The fourth-order valence-electron chi connectivity index (χ4n) is 3.78. The van der Waals surface area contributed by atoms with Crippen LogP contribution in [0.5, 0.6) is 11.5 Å². The van der Waals surface area contributed by atoms with Crippen molar-refractivity contribution in [3.8, 4) is 11.5 Å². The summed E-state index contributed by atoms with van der Waals surface area (Å²) in [5, 5.41) is 15.9. The standard InChI is InChI=1S/C26H34ClN3O3/c1-5-32-24-10-12-25(13-11-24)33-15-14-23(31)17-29(4)18-26-19(2)28-30(20(26)3)16-21-6-8-22(27)9-7-21/h6-13,23,31H,5,14-18H2,1-4H3. The summed E-state index contributed by atoms with van der Waals surface area (Å²) in [7, 11) is 2.02. The third-order valence-electron chi connectivity index (χ3n) is 5.58. The molecule has 1 aromatic heterocycles. The van der Waals surface area contributed by atoms with Gasteiger partial charge in [0.2, 0.25) is 0 Å². The van der Waals surface area contributed by atoms with Crippen LogP contribution in [0.3, 0.4) is 0 Å². The van der Waals surface area contributed by atoms with Crippen molar-refractivity contribution in [1.29, 1.82) is 0 Å². The van der Waals surface area contributed by atoms with E-state index < -0.39 is 6.10 Å². The number of likely N-dealkylation sites (N-methyl/N-ethyl adjacent to an activating group) is 1. The van der Waals surface area contributed by atoms with Crippen LogP contribution in [0, 0.1) is 13.8 Å². The number of aliphatic hydroxyl groups is 1. The molecule has 1 unspecified atom stereocenters. The number of aryl methyl sites for hydroxylation is 1. The number of nitrogens with zero attached hydrogens (tertiary/aromatic N) is 3. The Morgan fingerprint density at radius 3 is 2.30 bits per heavy atom. The number of benzene rings is 2. The van der Waals surface area contributed by atoms with E-state index >= 15 is 0 Å². The maximum Gasteiger partial charge on any atom is 0.119 e. The fourth-order valence-corrected chi connectivity index (χ4v) is 3.90. The Morgan fingerprint density at radius 2 is 1.67 bits per heavy atom. The van der Waals surface area contributed by atoms with E-state index in [1.54, 1.807) is 0 Å². The predicted molar refractivity (Wildman–Crippen MR) is 132 cm³/mol. The lowest BCUT2D eigenvalue weighted by molar-refractivity contribution is 0.0989. The molecule has 0 fully saturated rings. The van der Waals surface area contributed by atoms with E-state index in [9.17, 15) is 5.11 Å². The first-order valence-electron chi connectivity index (χ1n) is 11.3. The first-order valence-corrected chi connectivity index (χ1v) is 11.7. The summed E-state index contributed by atoms with van der Waals surface area (Å²) in [6.07, 6.45) is 0.0909. The van der Waals surface area contributed by atoms with Crippen molar-refractivity contribution >= 4 is 11.6 Å². The van der Waals surface area contributed by atoms with Gasteiger partial charge in [0.25, 0.3) is 0 Å². The molecule has 178 valence electrons. The van der Waals surface area contributed by atoms with Gasteiger partial charge in [0.05, 0.1) is 31.6 Å². The number of ether oxygens (including phenoxy) is 2. The molecule has 2 aromatic carbocycles. The third kappa shape index (κ3) is 7.49. The van der Waals surface area contributed by atoms with Crippen LogP contribution >= 0.6 is 11.6 Å². The normalized spacial score (nSPS) is 12.2. The topological polar surface area (TPSA) is 59.8 Å². The molecule has 0 amide bonds. The van der Waals surface area contributed by atoms with Gasteiger partial charge in [-0.25, -0.2) is 0 Å². The molecule has 0 spiro atoms. The van der Waals surface area contributed by atoms with Crippen LogP contribution in [0.2, 0.25) is 5.02 Å². The van der Waals surface area contributed by atoms with Crippen molar-refractivity contribution in [2.75, 3.05) is 26.8 Å². The average molecular weight is 472 g/mol. The third-order valence-corrected chi connectivity index (χ3v) is 5.83. The molecule has 3 aromatic rings. The molecule has 1 N–H and O–H groups in total. The lowest BCUT2D eigenvalue weighted by Crippen LogP contribution is -2.30. The van der Waals surface area contributed by atoms with Crippen molar-refractivity contribution in [2.24, 2.45) is 0 Å². The highest BCUT2D eigenvalue weighted by Crippen LogP contribution is 2.19. The molecule has 1 heterocycles. The summed E-state index contributed by atoms with van der Waals surface area (Å²) in [4.78, 5) is 2.13. The van der Waals surface area contributed by atoms with Crippen LogP contribution < -0.4 is 9.47 Å². The lowest BCUT2D eigenvalue weighted by atomic mass is 10.1. The first-order chi connectivity index (χ1) is 15.9. The fraction of sp³-hybridized carbons (Fsp3) is 0.423. The minimum atomic E-state index is -0.470. The van der Waals surface area contributed by atoms with Crippen LogP contribution in [0.15, 0.2) is 48.5 Å². The SMILES string of the molecule is CCOc1ccc(OCCC(O)CN(C)Cc2c(C)nn(Cc3ccc(Cl)cc3)c2C)cc1. The van der Waals surface area contributed by atoms with Crippen LogP contribution in [-0.4, -0.2) is 52.7 Å². The van der Waals surface area contributed by atoms with Gasteiger partial charge in [-0.1, -0.05) is 23.7 Å². The molecule has 0 aliphatic rings. The van der Waals surface area contributed by atoms with E-state index in [0.29, 0.717) is 32.7 Å². The van der Waals surface area contributed by atoms with Crippen molar-refractivity contribution < 1.29 is 14.6 Å². The predicted octanol–water partition coefficient (Wildman–Crippen LogP) is 4.86. The van der Waals surface area contributed by atoms with E-state index in [0.717, 1.165) is 40.0 Å². The van der Waals surface area contributed by atoms with Crippen molar-refractivity contribution in [2.45, 2.75) is 46.4 Å². The number of aromatic nitrogens is 2.